The van der Waals surface area contributed by atoms with Crippen LogP contribution in [0.4, 0.5) is 0 Å². The van der Waals surface area contributed by atoms with Crippen LogP contribution < -0.4 is 0 Å². The highest BCUT2D eigenvalue weighted by molar-refractivity contribution is 5.21. The van der Waals surface area contributed by atoms with E-state index < -0.39 is 0 Å². The number of aryl methyl sites for hydroxylation is 1. The quantitative estimate of drug-likeness (QED) is 0.523. The Hall–Kier alpha value is -1.50. The van der Waals surface area contributed by atoms with Crippen LogP contribution in [0.5, 0.6) is 0 Å². The highest BCUT2D eigenvalue weighted by Crippen LogP contribution is 2.08. The van der Waals surface area contributed by atoms with Crippen LogP contribution >= 0.6 is 0 Å². The van der Waals surface area contributed by atoms with Crippen LogP contribution in [0.3, 0.4) is 0 Å². The lowest BCUT2D eigenvalue weighted by molar-refractivity contribution is 0.225. The zero-order chi connectivity index (χ0) is 11.3. The van der Waals surface area contributed by atoms with E-state index in [2.05, 4.69) is 44.3 Å². The van der Waals surface area contributed by atoms with Gasteiger partial charge in [-0.25, -0.2) is 0 Å². The van der Waals surface area contributed by atoms with Gasteiger partial charge in [0.1, 0.15) is 5.76 Å². The summed E-state index contributed by atoms with van der Waals surface area (Å²) in [4.78, 5) is 0. The summed E-state index contributed by atoms with van der Waals surface area (Å²) in [5.41, 5.74) is 3.46. The molecule has 1 heteroatoms. The first-order valence-electron chi connectivity index (χ1n) is 5.12. The molecule has 0 unspecified atom stereocenters. The zero-order valence-corrected chi connectivity index (χ0v) is 9.55. The summed E-state index contributed by atoms with van der Waals surface area (Å²) in [7, 11) is 0. The van der Waals surface area contributed by atoms with E-state index >= 15 is 0 Å². The largest absolute Gasteiger partial charge is 0.494 e. The number of benzene rings is 1. The van der Waals surface area contributed by atoms with E-state index in [4.69, 9.17) is 4.74 Å². The fourth-order valence-corrected chi connectivity index (χ4v) is 1.17. The second-order valence-electron chi connectivity index (χ2n) is 3.79. The maximum atomic E-state index is 5.44. The average molecular weight is 202 g/mol. The van der Waals surface area contributed by atoms with E-state index in [0.717, 1.165) is 12.0 Å². The maximum absolute atomic E-state index is 5.44. The van der Waals surface area contributed by atoms with Crippen LogP contribution in [0, 0.1) is 6.92 Å². The summed E-state index contributed by atoms with van der Waals surface area (Å²) in [5.74, 6) is 0.683. The number of hydrogen-bond donors (Lipinski definition) is 0. The van der Waals surface area contributed by atoms with Crippen LogP contribution in [0.2, 0.25) is 0 Å². The Kier molecular flexibility index (Phi) is 4.17. The fourth-order valence-electron chi connectivity index (χ4n) is 1.17. The summed E-state index contributed by atoms with van der Waals surface area (Å²) >= 11 is 0. The monoisotopic (exact) mass is 202 g/mol. The highest BCUT2D eigenvalue weighted by atomic mass is 16.5. The summed E-state index contributed by atoms with van der Waals surface area (Å²) in [6, 6.07) is 8.48. The SMILES string of the molecule is C=C(C)C(=C)OCCc1ccc(C)cc1. The minimum atomic E-state index is 0.661. The van der Waals surface area contributed by atoms with Gasteiger partial charge in [-0.3, -0.25) is 0 Å². The molecule has 0 saturated heterocycles. The molecule has 1 nitrogen and oxygen atoms in total. The molecule has 0 spiro atoms. The van der Waals surface area contributed by atoms with E-state index in [1.165, 1.54) is 11.1 Å². The molecule has 0 aliphatic rings. The van der Waals surface area contributed by atoms with Crippen LogP contribution in [-0.2, 0) is 11.2 Å². The molecule has 1 aromatic rings. The molecule has 0 bridgehead atoms. The Morgan fingerprint density at radius 1 is 1.20 bits per heavy atom. The molecular weight excluding hydrogens is 184 g/mol. The van der Waals surface area contributed by atoms with Gasteiger partial charge >= 0.3 is 0 Å². The van der Waals surface area contributed by atoms with Crippen LogP contribution in [0.15, 0.2) is 48.8 Å². The van der Waals surface area contributed by atoms with E-state index in [0.29, 0.717) is 12.4 Å². The number of rotatable bonds is 5. The first-order chi connectivity index (χ1) is 7.09. The topological polar surface area (TPSA) is 9.23 Å². The van der Waals surface area contributed by atoms with Crippen molar-refractivity contribution in [2.45, 2.75) is 20.3 Å². The van der Waals surface area contributed by atoms with Gasteiger partial charge in [0.05, 0.1) is 6.61 Å². The molecule has 0 heterocycles. The minimum absolute atomic E-state index is 0.661. The van der Waals surface area contributed by atoms with Crippen molar-refractivity contribution in [3.8, 4) is 0 Å². The van der Waals surface area contributed by atoms with Gasteiger partial charge in [0.25, 0.3) is 0 Å². The van der Waals surface area contributed by atoms with Gasteiger partial charge in [0, 0.05) is 6.42 Å². The molecule has 15 heavy (non-hydrogen) atoms. The second kappa shape index (κ2) is 5.40. The molecule has 0 aliphatic heterocycles. The summed E-state index contributed by atoms with van der Waals surface area (Å²) in [5, 5.41) is 0. The molecule has 0 fully saturated rings. The van der Waals surface area contributed by atoms with Crippen LogP contribution in [0.25, 0.3) is 0 Å². The number of allylic oxidation sites excluding steroid dienone is 1. The Bertz CT molecular complexity index is 346. The predicted molar refractivity (Wildman–Crippen MR) is 64.8 cm³/mol. The molecular formula is C14H18O. The Morgan fingerprint density at radius 2 is 1.80 bits per heavy atom. The number of hydrogen-bond acceptors (Lipinski definition) is 1. The molecule has 0 aliphatic carbocycles. The Balaban J connectivity index is 2.35. The summed E-state index contributed by atoms with van der Waals surface area (Å²) in [6.45, 7) is 12.2. The van der Waals surface area contributed by atoms with Crippen molar-refractivity contribution in [1.29, 1.82) is 0 Å². The predicted octanol–water partition coefficient (Wildman–Crippen LogP) is 3.64. The number of ether oxygens (including phenoxy) is 1. The normalized spacial score (nSPS) is 9.73. The van der Waals surface area contributed by atoms with Gasteiger partial charge in [-0.2, -0.15) is 0 Å². The fraction of sp³-hybridized carbons (Fsp3) is 0.286. The third kappa shape index (κ3) is 4.03. The van der Waals surface area contributed by atoms with Crippen molar-refractivity contribution >= 4 is 0 Å². The van der Waals surface area contributed by atoms with Crippen molar-refractivity contribution in [2.75, 3.05) is 6.61 Å². The first-order valence-corrected chi connectivity index (χ1v) is 5.12. The van der Waals surface area contributed by atoms with Crippen LogP contribution in [-0.4, -0.2) is 6.61 Å². The minimum Gasteiger partial charge on any atom is -0.494 e. The standard InChI is InChI=1S/C14H18O/c1-11(2)13(4)15-10-9-14-7-5-12(3)6-8-14/h5-8H,1,4,9-10H2,2-3H3. The van der Waals surface area contributed by atoms with Gasteiger partial charge in [-0.05, 0) is 25.0 Å². The summed E-state index contributed by atoms with van der Waals surface area (Å²) < 4.78 is 5.44. The Morgan fingerprint density at radius 3 is 2.33 bits per heavy atom. The molecule has 0 N–H and O–H groups in total. The van der Waals surface area contributed by atoms with E-state index in [1.807, 2.05) is 6.92 Å². The molecule has 0 atom stereocenters. The molecule has 1 aromatic carbocycles. The van der Waals surface area contributed by atoms with Gasteiger partial charge < -0.3 is 4.74 Å². The second-order valence-corrected chi connectivity index (χ2v) is 3.79. The van der Waals surface area contributed by atoms with Gasteiger partial charge in [0.2, 0.25) is 0 Å². The maximum Gasteiger partial charge on any atom is 0.114 e. The molecule has 0 aromatic heterocycles. The lowest BCUT2D eigenvalue weighted by atomic mass is 10.1. The van der Waals surface area contributed by atoms with Crippen molar-refractivity contribution in [3.05, 3.63) is 59.9 Å². The summed E-state index contributed by atoms with van der Waals surface area (Å²) in [6.07, 6.45) is 0.909. The van der Waals surface area contributed by atoms with Crippen molar-refractivity contribution in [3.63, 3.8) is 0 Å². The van der Waals surface area contributed by atoms with E-state index in [1.54, 1.807) is 0 Å². The molecule has 0 amide bonds. The van der Waals surface area contributed by atoms with Gasteiger partial charge in [-0.15, -0.1) is 0 Å². The van der Waals surface area contributed by atoms with Gasteiger partial charge in [-0.1, -0.05) is 43.0 Å². The van der Waals surface area contributed by atoms with E-state index in [-0.39, 0.29) is 0 Å². The van der Waals surface area contributed by atoms with Gasteiger partial charge in [0.15, 0.2) is 0 Å². The van der Waals surface area contributed by atoms with Crippen molar-refractivity contribution in [2.24, 2.45) is 0 Å². The smallest absolute Gasteiger partial charge is 0.114 e. The molecule has 1 rings (SSSR count). The lowest BCUT2D eigenvalue weighted by Crippen LogP contribution is -1.98. The Labute approximate surface area is 92.1 Å². The average Bonchev–Trinajstić information content (AvgIpc) is 2.20. The highest BCUT2D eigenvalue weighted by Gasteiger charge is 1.96. The molecule has 0 saturated carbocycles. The molecule has 0 radical (unpaired) electrons. The van der Waals surface area contributed by atoms with Crippen LogP contribution in [0.1, 0.15) is 18.1 Å². The van der Waals surface area contributed by atoms with E-state index in [9.17, 15) is 0 Å². The third-order valence-electron chi connectivity index (χ3n) is 2.26. The van der Waals surface area contributed by atoms with Crippen molar-refractivity contribution in [1.82, 2.24) is 0 Å². The first kappa shape index (κ1) is 11.6. The molecule has 80 valence electrons. The zero-order valence-electron chi connectivity index (χ0n) is 9.55. The third-order valence-corrected chi connectivity index (χ3v) is 2.26. The van der Waals surface area contributed by atoms with Crippen molar-refractivity contribution < 1.29 is 4.74 Å². The lowest BCUT2D eigenvalue weighted by Gasteiger charge is -2.08.